The molecule has 5 nitrogen and oxygen atoms in total. The molecule has 142 valence electrons. The molecule has 0 bridgehead atoms. The number of rotatable bonds is 5. The van der Waals surface area contributed by atoms with E-state index in [1.807, 2.05) is 61.5 Å². The molecule has 0 saturated heterocycles. The number of hydrogen-bond acceptors (Lipinski definition) is 4. The van der Waals surface area contributed by atoms with Crippen LogP contribution in [-0.4, -0.2) is 10.9 Å². The van der Waals surface area contributed by atoms with E-state index in [2.05, 4.69) is 16.4 Å². The molecule has 5 heteroatoms. The van der Waals surface area contributed by atoms with E-state index >= 15 is 0 Å². The Labute approximate surface area is 168 Å². The third kappa shape index (κ3) is 3.87. The van der Waals surface area contributed by atoms with E-state index in [-0.39, 0.29) is 11.8 Å². The van der Waals surface area contributed by atoms with Crippen LogP contribution in [0.25, 0.3) is 11.0 Å². The maximum atomic E-state index is 13.0. The third-order valence-corrected chi connectivity index (χ3v) is 4.97. The quantitative estimate of drug-likeness (QED) is 0.543. The average Bonchev–Trinajstić information content (AvgIpc) is 3.21. The number of para-hydroxylation sites is 1. The van der Waals surface area contributed by atoms with Crippen molar-refractivity contribution in [3.8, 4) is 6.07 Å². The van der Waals surface area contributed by atoms with E-state index < -0.39 is 6.04 Å². The number of nitriles is 1. The van der Waals surface area contributed by atoms with Gasteiger partial charge >= 0.3 is 0 Å². The van der Waals surface area contributed by atoms with E-state index in [0.717, 1.165) is 22.1 Å². The van der Waals surface area contributed by atoms with Crippen LogP contribution in [0.4, 0.5) is 0 Å². The van der Waals surface area contributed by atoms with Crippen molar-refractivity contribution in [2.75, 3.05) is 0 Å². The van der Waals surface area contributed by atoms with E-state index in [1.54, 1.807) is 24.5 Å². The fraction of sp³-hybridized carbons (Fsp3) is 0.125. The van der Waals surface area contributed by atoms with Gasteiger partial charge in [0.15, 0.2) is 0 Å². The highest BCUT2D eigenvalue weighted by Crippen LogP contribution is 2.29. The van der Waals surface area contributed by atoms with Crippen LogP contribution in [0.5, 0.6) is 0 Å². The molecular formula is C24H19N3O2. The summed E-state index contributed by atoms with van der Waals surface area (Å²) in [5.41, 5.74) is 3.02. The highest BCUT2D eigenvalue weighted by atomic mass is 16.3. The summed E-state index contributed by atoms with van der Waals surface area (Å²) in [4.78, 5) is 17.2. The first-order chi connectivity index (χ1) is 14.2. The maximum Gasteiger partial charge on any atom is 0.228 e. The molecule has 4 aromatic rings. The summed E-state index contributed by atoms with van der Waals surface area (Å²) in [6, 6.07) is 22.1. The largest absolute Gasteiger partial charge is 0.459 e. The molecule has 2 heterocycles. The second-order valence-corrected chi connectivity index (χ2v) is 6.87. The second kappa shape index (κ2) is 7.99. The first-order valence-corrected chi connectivity index (χ1v) is 9.34. The normalized spacial score (nSPS) is 12.8. The molecule has 0 aliphatic carbocycles. The van der Waals surface area contributed by atoms with Crippen LogP contribution < -0.4 is 5.32 Å². The number of nitrogens with zero attached hydrogens (tertiary/aromatic N) is 2. The molecule has 0 saturated carbocycles. The molecular weight excluding hydrogens is 362 g/mol. The van der Waals surface area contributed by atoms with Crippen LogP contribution in [0.2, 0.25) is 0 Å². The van der Waals surface area contributed by atoms with E-state index in [9.17, 15) is 4.79 Å². The summed E-state index contributed by atoms with van der Waals surface area (Å²) in [5, 5.41) is 13.0. The first kappa shape index (κ1) is 18.5. The van der Waals surface area contributed by atoms with Crippen LogP contribution in [-0.2, 0) is 4.79 Å². The van der Waals surface area contributed by atoms with Crippen LogP contribution in [0.3, 0.4) is 0 Å². The summed E-state index contributed by atoms with van der Waals surface area (Å²) in [5.74, 6) is 0.134. The van der Waals surface area contributed by atoms with Gasteiger partial charge in [-0.05, 0) is 42.8 Å². The van der Waals surface area contributed by atoms with E-state index in [0.29, 0.717) is 11.3 Å². The number of aromatic nitrogens is 1. The van der Waals surface area contributed by atoms with Crippen molar-refractivity contribution in [1.82, 2.24) is 10.3 Å². The molecule has 0 aliphatic heterocycles. The summed E-state index contributed by atoms with van der Waals surface area (Å²) < 4.78 is 6.02. The monoisotopic (exact) mass is 381 g/mol. The van der Waals surface area contributed by atoms with Crippen LogP contribution in [0.15, 0.2) is 83.5 Å². The lowest BCUT2D eigenvalue weighted by Crippen LogP contribution is -2.32. The Balaban J connectivity index is 1.64. The van der Waals surface area contributed by atoms with Crippen LogP contribution in [0, 0.1) is 11.3 Å². The van der Waals surface area contributed by atoms with Gasteiger partial charge in [-0.3, -0.25) is 9.78 Å². The van der Waals surface area contributed by atoms with Gasteiger partial charge in [0.05, 0.1) is 17.6 Å². The number of hydrogen-bond donors (Lipinski definition) is 1. The van der Waals surface area contributed by atoms with Gasteiger partial charge in [0.2, 0.25) is 5.91 Å². The van der Waals surface area contributed by atoms with Crippen LogP contribution >= 0.6 is 0 Å². The van der Waals surface area contributed by atoms with Gasteiger partial charge in [0.1, 0.15) is 17.4 Å². The summed E-state index contributed by atoms with van der Waals surface area (Å²) in [6.45, 7) is 1.84. The number of benzene rings is 2. The number of furan rings is 1. The van der Waals surface area contributed by atoms with Crippen molar-refractivity contribution in [1.29, 1.82) is 5.26 Å². The molecule has 2 aromatic heterocycles. The topological polar surface area (TPSA) is 78.9 Å². The van der Waals surface area contributed by atoms with Gasteiger partial charge in [-0.2, -0.15) is 5.26 Å². The number of carbonyl (C=O) groups is 1. The Morgan fingerprint density at radius 1 is 1.07 bits per heavy atom. The second-order valence-electron chi connectivity index (χ2n) is 6.87. The van der Waals surface area contributed by atoms with Crippen molar-refractivity contribution >= 4 is 16.9 Å². The third-order valence-electron chi connectivity index (χ3n) is 4.97. The predicted octanol–water partition coefficient (Wildman–Crippen LogP) is 4.71. The SMILES string of the molecule is CC(C(=O)NC(c1cccnc1)c1cc2ccccc2o1)c1ccc(C#N)cc1. The van der Waals surface area contributed by atoms with E-state index in [4.69, 9.17) is 9.68 Å². The number of nitrogens with one attached hydrogen (secondary N) is 1. The lowest BCUT2D eigenvalue weighted by molar-refractivity contribution is -0.122. The van der Waals surface area contributed by atoms with Gasteiger partial charge in [-0.25, -0.2) is 0 Å². The molecule has 2 unspecified atom stereocenters. The molecule has 2 atom stereocenters. The molecule has 0 spiro atoms. The van der Waals surface area contributed by atoms with Crippen molar-refractivity contribution in [3.63, 3.8) is 0 Å². The molecule has 0 aliphatic rings. The fourth-order valence-electron chi connectivity index (χ4n) is 3.28. The Morgan fingerprint density at radius 2 is 1.86 bits per heavy atom. The van der Waals surface area contributed by atoms with Gasteiger partial charge in [0.25, 0.3) is 0 Å². The molecule has 1 N–H and O–H groups in total. The van der Waals surface area contributed by atoms with Gasteiger partial charge in [-0.15, -0.1) is 0 Å². The Hall–Kier alpha value is -3.91. The zero-order valence-corrected chi connectivity index (χ0v) is 15.9. The number of carbonyl (C=O) groups excluding carboxylic acids is 1. The predicted molar refractivity (Wildman–Crippen MR) is 110 cm³/mol. The van der Waals surface area contributed by atoms with Gasteiger partial charge < -0.3 is 9.73 Å². The Bertz CT molecular complexity index is 1140. The van der Waals surface area contributed by atoms with Gasteiger partial charge in [-0.1, -0.05) is 36.4 Å². The van der Waals surface area contributed by atoms with Crippen molar-refractivity contribution in [2.24, 2.45) is 0 Å². The molecule has 29 heavy (non-hydrogen) atoms. The number of fused-ring (bicyclic) bond motifs is 1. The summed E-state index contributed by atoms with van der Waals surface area (Å²) >= 11 is 0. The molecule has 2 aromatic carbocycles. The van der Waals surface area contributed by atoms with Crippen molar-refractivity contribution in [2.45, 2.75) is 18.9 Å². The average molecular weight is 381 g/mol. The summed E-state index contributed by atoms with van der Waals surface area (Å²) in [6.07, 6.45) is 3.42. The van der Waals surface area contributed by atoms with Gasteiger partial charge in [0, 0.05) is 23.3 Å². The highest BCUT2D eigenvalue weighted by Gasteiger charge is 2.24. The van der Waals surface area contributed by atoms with Crippen molar-refractivity contribution < 1.29 is 9.21 Å². The van der Waals surface area contributed by atoms with Crippen LogP contribution in [0.1, 0.15) is 41.3 Å². The Morgan fingerprint density at radius 3 is 2.55 bits per heavy atom. The zero-order chi connectivity index (χ0) is 20.2. The Kier molecular flexibility index (Phi) is 5.08. The molecule has 1 amide bonds. The molecule has 0 radical (unpaired) electrons. The minimum atomic E-state index is -0.454. The lowest BCUT2D eigenvalue weighted by atomic mass is 9.98. The standard InChI is InChI=1S/C24H19N3O2/c1-16(18-10-8-17(14-25)9-11-18)24(28)27-23(20-6-4-12-26-15-20)22-13-19-5-2-3-7-21(19)29-22/h2-13,15-16,23H,1H3,(H,27,28). The minimum Gasteiger partial charge on any atom is -0.459 e. The summed E-state index contributed by atoms with van der Waals surface area (Å²) in [7, 11) is 0. The maximum absolute atomic E-state index is 13.0. The lowest BCUT2D eigenvalue weighted by Gasteiger charge is -2.20. The van der Waals surface area contributed by atoms with E-state index in [1.165, 1.54) is 0 Å². The number of amides is 1. The highest BCUT2D eigenvalue weighted by molar-refractivity contribution is 5.84. The molecule has 0 fully saturated rings. The minimum absolute atomic E-state index is 0.135. The fourth-order valence-corrected chi connectivity index (χ4v) is 3.28. The smallest absolute Gasteiger partial charge is 0.228 e. The number of pyridine rings is 1. The molecule has 4 rings (SSSR count). The first-order valence-electron chi connectivity index (χ1n) is 9.34. The van der Waals surface area contributed by atoms with Crippen molar-refractivity contribution in [3.05, 3.63) is 102 Å². The zero-order valence-electron chi connectivity index (χ0n) is 15.9.